The first-order valence-electron chi connectivity index (χ1n) is 6.57. The van der Waals surface area contributed by atoms with Crippen LogP contribution in [0.15, 0.2) is 53.0 Å². The monoisotopic (exact) mass is 330 g/mol. The summed E-state index contributed by atoms with van der Waals surface area (Å²) < 4.78 is 1.02. The van der Waals surface area contributed by atoms with Gasteiger partial charge in [0, 0.05) is 21.6 Å². The molecule has 0 aromatic heterocycles. The number of hydrogen-bond acceptors (Lipinski definition) is 2. The van der Waals surface area contributed by atoms with Crippen LogP contribution in [0.4, 0.5) is 5.69 Å². The second-order valence-corrected chi connectivity index (χ2v) is 5.88. The minimum Gasteiger partial charge on any atom is -0.325 e. The molecular weight excluding hydrogens is 316 g/mol. The maximum atomic E-state index is 12.3. The van der Waals surface area contributed by atoms with Crippen LogP contribution in [0.25, 0.3) is 10.8 Å². The van der Waals surface area contributed by atoms with Gasteiger partial charge in [-0.3, -0.25) is 4.79 Å². The van der Waals surface area contributed by atoms with Crippen LogP contribution in [-0.2, 0) is 4.79 Å². The van der Waals surface area contributed by atoms with Crippen LogP contribution in [0, 0.1) is 5.92 Å². The number of nitrogens with two attached hydrogens (primary N) is 1. The largest absolute Gasteiger partial charge is 0.325 e. The Balaban J connectivity index is 1.90. The lowest BCUT2D eigenvalue weighted by Crippen LogP contribution is -2.24. The molecule has 0 heterocycles. The van der Waals surface area contributed by atoms with Crippen LogP contribution in [-0.4, -0.2) is 11.9 Å². The van der Waals surface area contributed by atoms with Crippen LogP contribution in [0.3, 0.4) is 0 Å². The molecule has 0 saturated carbocycles. The number of carbonyl (C=O) groups is 1. The van der Waals surface area contributed by atoms with E-state index in [0.717, 1.165) is 20.9 Å². The molecule has 102 valence electrons. The molecule has 1 aliphatic rings. The fraction of sp³-hybridized carbons (Fsp3) is 0.188. The topological polar surface area (TPSA) is 55.1 Å². The first-order valence-corrected chi connectivity index (χ1v) is 7.36. The van der Waals surface area contributed by atoms with E-state index in [0.29, 0.717) is 6.42 Å². The Hall–Kier alpha value is -1.65. The van der Waals surface area contributed by atoms with E-state index < -0.39 is 0 Å². The van der Waals surface area contributed by atoms with Crippen LogP contribution in [0.5, 0.6) is 0 Å². The standard InChI is InChI=1S/C16H15BrN2O/c17-14-7-8-15(13-4-2-1-3-12(13)14)19-16(20)10-5-6-11(18)9-10/h1-8,10-11H,9,18H2,(H,19,20). The quantitative estimate of drug-likeness (QED) is 0.828. The number of fused-ring (bicyclic) bond motifs is 1. The third kappa shape index (κ3) is 2.49. The summed E-state index contributed by atoms with van der Waals surface area (Å²) in [5.41, 5.74) is 6.63. The predicted octanol–water partition coefficient (Wildman–Crippen LogP) is 3.44. The van der Waals surface area contributed by atoms with Crippen molar-refractivity contribution in [2.75, 3.05) is 5.32 Å². The van der Waals surface area contributed by atoms with Crippen molar-refractivity contribution >= 4 is 38.3 Å². The molecule has 3 nitrogen and oxygen atoms in total. The number of hydrogen-bond donors (Lipinski definition) is 2. The lowest BCUT2D eigenvalue weighted by molar-refractivity contribution is -0.118. The fourth-order valence-electron chi connectivity index (χ4n) is 2.52. The number of benzene rings is 2. The van der Waals surface area contributed by atoms with Crippen LogP contribution in [0.1, 0.15) is 6.42 Å². The molecule has 1 aliphatic carbocycles. The van der Waals surface area contributed by atoms with Crippen molar-refractivity contribution in [2.24, 2.45) is 11.7 Å². The molecule has 2 unspecified atom stereocenters. The van der Waals surface area contributed by atoms with Gasteiger partial charge in [0.2, 0.25) is 5.91 Å². The zero-order valence-corrected chi connectivity index (χ0v) is 12.4. The van der Waals surface area contributed by atoms with Gasteiger partial charge in [-0.15, -0.1) is 0 Å². The maximum Gasteiger partial charge on any atom is 0.231 e. The Bertz CT molecular complexity index is 696. The van der Waals surface area contributed by atoms with Gasteiger partial charge in [0.25, 0.3) is 0 Å². The minimum atomic E-state index is -0.132. The smallest absolute Gasteiger partial charge is 0.231 e. The zero-order valence-electron chi connectivity index (χ0n) is 10.8. The van der Waals surface area contributed by atoms with Crippen molar-refractivity contribution in [3.8, 4) is 0 Å². The fourth-order valence-corrected chi connectivity index (χ4v) is 3.00. The van der Waals surface area contributed by atoms with Crippen LogP contribution >= 0.6 is 15.9 Å². The van der Waals surface area contributed by atoms with E-state index in [-0.39, 0.29) is 17.9 Å². The highest BCUT2D eigenvalue weighted by Gasteiger charge is 2.23. The molecule has 0 saturated heterocycles. The Kier molecular flexibility index (Phi) is 3.59. The summed E-state index contributed by atoms with van der Waals surface area (Å²) in [6.07, 6.45) is 4.46. The van der Waals surface area contributed by atoms with Crippen molar-refractivity contribution < 1.29 is 4.79 Å². The third-order valence-corrected chi connectivity index (χ3v) is 4.27. The first kappa shape index (κ1) is 13.3. The minimum absolute atomic E-state index is 0.00155. The van der Waals surface area contributed by atoms with Crippen molar-refractivity contribution in [1.82, 2.24) is 0 Å². The Morgan fingerprint density at radius 1 is 1.15 bits per heavy atom. The Morgan fingerprint density at radius 3 is 2.60 bits per heavy atom. The number of amides is 1. The molecule has 3 rings (SSSR count). The van der Waals surface area contributed by atoms with Crippen molar-refractivity contribution in [1.29, 1.82) is 0 Å². The number of carbonyl (C=O) groups excluding carboxylic acids is 1. The maximum absolute atomic E-state index is 12.3. The predicted molar refractivity (Wildman–Crippen MR) is 85.5 cm³/mol. The van der Waals surface area contributed by atoms with E-state index in [1.165, 1.54) is 0 Å². The lowest BCUT2D eigenvalue weighted by Gasteiger charge is -2.13. The molecule has 4 heteroatoms. The highest BCUT2D eigenvalue weighted by Crippen LogP contribution is 2.30. The third-order valence-electron chi connectivity index (χ3n) is 3.58. The SMILES string of the molecule is NC1C=CC(C(=O)Nc2ccc(Br)c3ccccc23)C1. The summed E-state index contributed by atoms with van der Waals surface area (Å²) in [6, 6.07) is 11.9. The molecule has 0 spiro atoms. The summed E-state index contributed by atoms with van der Waals surface area (Å²) in [4.78, 5) is 12.3. The Morgan fingerprint density at radius 2 is 1.90 bits per heavy atom. The highest BCUT2D eigenvalue weighted by molar-refractivity contribution is 9.10. The molecule has 1 amide bonds. The normalized spacial score (nSPS) is 21.3. The zero-order chi connectivity index (χ0) is 14.1. The van der Waals surface area contributed by atoms with Gasteiger partial charge in [0.05, 0.1) is 5.92 Å². The molecule has 0 radical (unpaired) electrons. The van der Waals surface area contributed by atoms with Gasteiger partial charge in [-0.25, -0.2) is 0 Å². The second-order valence-electron chi connectivity index (χ2n) is 5.02. The van der Waals surface area contributed by atoms with Gasteiger partial charge in [-0.1, -0.05) is 52.3 Å². The summed E-state index contributed by atoms with van der Waals surface area (Å²) in [7, 11) is 0. The van der Waals surface area contributed by atoms with Gasteiger partial charge in [0.15, 0.2) is 0 Å². The molecule has 2 aromatic rings. The molecule has 2 atom stereocenters. The molecule has 2 aromatic carbocycles. The van der Waals surface area contributed by atoms with Gasteiger partial charge >= 0.3 is 0 Å². The summed E-state index contributed by atoms with van der Waals surface area (Å²) in [6.45, 7) is 0. The van der Waals surface area contributed by atoms with Gasteiger partial charge < -0.3 is 11.1 Å². The van der Waals surface area contributed by atoms with Crippen LogP contribution in [0.2, 0.25) is 0 Å². The Labute approximate surface area is 126 Å². The van der Waals surface area contributed by atoms with Gasteiger partial charge in [0.1, 0.15) is 0 Å². The lowest BCUT2D eigenvalue weighted by atomic mass is 10.1. The molecule has 0 bridgehead atoms. The summed E-state index contributed by atoms with van der Waals surface area (Å²) in [5.74, 6) is -0.130. The van der Waals surface area contributed by atoms with Crippen LogP contribution < -0.4 is 11.1 Å². The molecule has 20 heavy (non-hydrogen) atoms. The van der Waals surface area contributed by atoms with E-state index in [1.807, 2.05) is 48.6 Å². The average molecular weight is 331 g/mol. The summed E-state index contributed by atoms with van der Waals surface area (Å²) in [5, 5.41) is 5.12. The first-order chi connectivity index (χ1) is 9.65. The van der Waals surface area contributed by atoms with E-state index in [4.69, 9.17) is 5.73 Å². The van der Waals surface area contributed by atoms with Crippen molar-refractivity contribution in [3.05, 3.63) is 53.0 Å². The molecule has 0 fully saturated rings. The number of halogens is 1. The second kappa shape index (κ2) is 5.38. The highest BCUT2D eigenvalue weighted by atomic mass is 79.9. The van der Waals surface area contributed by atoms with Crippen molar-refractivity contribution in [2.45, 2.75) is 12.5 Å². The number of rotatable bonds is 2. The molecule has 3 N–H and O–H groups in total. The molecular formula is C16H15BrN2O. The number of nitrogens with one attached hydrogen (secondary N) is 1. The van der Waals surface area contributed by atoms with Gasteiger partial charge in [-0.05, 0) is 23.9 Å². The van der Waals surface area contributed by atoms with E-state index in [2.05, 4.69) is 21.2 Å². The van der Waals surface area contributed by atoms with Crippen molar-refractivity contribution in [3.63, 3.8) is 0 Å². The van der Waals surface area contributed by atoms with E-state index in [1.54, 1.807) is 0 Å². The summed E-state index contributed by atoms with van der Waals surface area (Å²) >= 11 is 3.53. The number of anilines is 1. The van der Waals surface area contributed by atoms with E-state index >= 15 is 0 Å². The van der Waals surface area contributed by atoms with Gasteiger partial charge in [-0.2, -0.15) is 0 Å². The average Bonchev–Trinajstić information content (AvgIpc) is 2.89. The molecule has 0 aliphatic heterocycles. The van der Waals surface area contributed by atoms with E-state index in [9.17, 15) is 4.79 Å².